The normalized spacial score (nSPS) is 19.0. The first-order chi connectivity index (χ1) is 10.1. The highest BCUT2D eigenvalue weighted by Gasteiger charge is 2.23. The number of aryl methyl sites for hydroxylation is 1. The van der Waals surface area contributed by atoms with E-state index in [2.05, 4.69) is 36.6 Å². The number of cyclic esters (lactones) is 1. The number of hydrogen-bond acceptors (Lipinski definition) is 4. The SMILES string of the molecule is CCCNC(C)c1ccc(OCC2CNC(=O)O2)c(C)c1. The Bertz CT molecular complexity index is 490. The van der Waals surface area contributed by atoms with E-state index < -0.39 is 0 Å². The molecule has 0 radical (unpaired) electrons. The summed E-state index contributed by atoms with van der Waals surface area (Å²) in [5, 5.41) is 6.08. The number of amides is 1. The van der Waals surface area contributed by atoms with Gasteiger partial charge in [0.15, 0.2) is 6.10 Å². The standard InChI is InChI=1S/C16H24N2O3/c1-4-7-17-12(3)13-5-6-15(11(2)8-13)20-10-14-9-18-16(19)21-14/h5-6,8,12,14,17H,4,7,9-10H2,1-3H3,(H,18,19). The van der Waals surface area contributed by atoms with E-state index in [4.69, 9.17) is 9.47 Å². The van der Waals surface area contributed by atoms with Gasteiger partial charge in [-0.15, -0.1) is 0 Å². The molecule has 0 spiro atoms. The van der Waals surface area contributed by atoms with Gasteiger partial charge in [-0.25, -0.2) is 4.79 Å². The van der Waals surface area contributed by atoms with Crippen molar-refractivity contribution in [2.24, 2.45) is 0 Å². The lowest BCUT2D eigenvalue weighted by molar-refractivity contribution is 0.104. The van der Waals surface area contributed by atoms with E-state index in [0.29, 0.717) is 19.2 Å². The van der Waals surface area contributed by atoms with Crippen LogP contribution >= 0.6 is 0 Å². The third kappa shape index (κ3) is 4.36. The van der Waals surface area contributed by atoms with E-state index in [1.54, 1.807) is 0 Å². The number of carbonyl (C=O) groups is 1. The molecule has 1 saturated heterocycles. The predicted octanol–water partition coefficient (Wildman–Crippen LogP) is 2.54. The molecule has 2 N–H and O–H groups in total. The van der Waals surface area contributed by atoms with Crippen LogP contribution in [0.5, 0.6) is 5.75 Å². The van der Waals surface area contributed by atoms with Crippen LogP contribution in [0.1, 0.15) is 37.4 Å². The number of benzene rings is 1. The maximum Gasteiger partial charge on any atom is 0.407 e. The molecule has 1 fully saturated rings. The summed E-state index contributed by atoms with van der Waals surface area (Å²) in [6.07, 6.45) is 0.548. The zero-order chi connectivity index (χ0) is 15.2. The average Bonchev–Trinajstić information content (AvgIpc) is 2.89. The van der Waals surface area contributed by atoms with E-state index in [1.165, 1.54) is 5.56 Å². The molecule has 1 heterocycles. The van der Waals surface area contributed by atoms with Gasteiger partial charge in [0.25, 0.3) is 0 Å². The maximum atomic E-state index is 10.9. The topological polar surface area (TPSA) is 59.6 Å². The van der Waals surface area contributed by atoms with Crippen molar-refractivity contribution < 1.29 is 14.3 Å². The summed E-state index contributed by atoms with van der Waals surface area (Å²) in [6.45, 7) is 8.25. The van der Waals surface area contributed by atoms with Crippen LogP contribution < -0.4 is 15.4 Å². The summed E-state index contributed by atoms with van der Waals surface area (Å²) in [6, 6.07) is 6.53. The van der Waals surface area contributed by atoms with E-state index in [9.17, 15) is 4.79 Å². The fraction of sp³-hybridized carbons (Fsp3) is 0.562. The molecule has 2 rings (SSSR count). The van der Waals surface area contributed by atoms with Gasteiger partial charge in [0.1, 0.15) is 12.4 Å². The van der Waals surface area contributed by atoms with Crippen molar-refractivity contribution in [1.82, 2.24) is 10.6 Å². The summed E-state index contributed by atoms with van der Waals surface area (Å²) in [5.41, 5.74) is 2.34. The van der Waals surface area contributed by atoms with Crippen molar-refractivity contribution >= 4 is 6.09 Å². The largest absolute Gasteiger partial charge is 0.489 e. The number of carbonyl (C=O) groups excluding carboxylic acids is 1. The molecule has 116 valence electrons. The number of hydrogen-bond donors (Lipinski definition) is 2. The van der Waals surface area contributed by atoms with Crippen LogP contribution in [0, 0.1) is 6.92 Å². The van der Waals surface area contributed by atoms with Gasteiger partial charge in [0.2, 0.25) is 0 Å². The molecule has 1 aliphatic heterocycles. The summed E-state index contributed by atoms with van der Waals surface area (Å²) >= 11 is 0. The van der Waals surface area contributed by atoms with Gasteiger partial charge in [-0.3, -0.25) is 0 Å². The molecule has 21 heavy (non-hydrogen) atoms. The van der Waals surface area contributed by atoms with E-state index in [1.807, 2.05) is 13.0 Å². The highest BCUT2D eigenvalue weighted by atomic mass is 16.6. The fourth-order valence-electron chi connectivity index (χ4n) is 2.29. The number of ether oxygens (including phenoxy) is 2. The molecule has 0 saturated carbocycles. The fourth-order valence-corrected chi connectivity index (χ4v) is 2.29. The molecule has 5 heteroatoms. The van der Waals surface area contributed by atoms with Crippen LogP contribution in [0.2, 0.25) is 0 Å². The van der Waals surface area contributed by atoms with Crippen LogP contribution in [0.4, 0.5) is 4.79 Å². The van der Waals surface area contributed by atoms with Crippen LogP contribution in [0.15, 0.2) is 18.2 Å². The second-order valence-corrected chi connectivity index (χ2v) is 5.42. The zero-order valence-corrected chi connectivity index (χ0v) is 12.9. The second-order valence-electron chi connectivity index (χ2n) is 5.42. The Balaban J connectivity index is 1.91. The van der Waals surface area contributed by atoms with Crippen molar-refractivity contribution in [3.05, 3.63) is 29.3 Å². The highest BCUT2D eigenvalue weighted by Crippen LogP contribution is 2.23. The molecule has 1 aromatic carbocycles. The average molecular weight is 292 g/mol. The van der Waals surface area contributed by atoms with E-state index >= 15 is 0 Å². The second kappa shape index (κ2) is 7.31. The Kier molecular flexibility index (Phi) is 5.44. The van der Waals surface area contributed by atoms with Gasteiger partial charge in [0.05, 0.1) is 6.54 Å². The lowest BCUT2D eigenvalue weighted by atomic mass is 10.0. The molecule has 5 nitrogen and oxygen atoms in total. The van der Waals surface area contributed by atoms with E-state index in [0.717, 1.165) is 24.3 Å². The van der Waals surface area contributed by atoms with Gasteiger partial charge >= 0.3 is 6.09 Å². The van der Waals surface area contributed by atoms with Gasteiger partial charge in [-0.1, -0.05) is 19.1 Å². The number of alkyl carbamates (subject to hydrolysis) is 1. The van der Waals surface area contributed by atoms with Crippen LogP contribution in [-0.4, -0.2) is 31.9 Å². The van der Waals surface area contributed by atoms with Crippen molar-refractivity contribution in [2.45, 2.75) is 39.3 Å². The third-order valence-electron chi connectivity index (χ3n) is 3.57. The van der Waals surface area contributed by atoms with Crippen molar-refractivity contribution in [1.29, 1.82) is 0 Å². The van der Waals surface area contributed by atoms with Crippen molar-refractivity contribution in [3.8, 4) is 5.75 Å². The summed E-state index contributed by atoms with van der Waals surface area (Å²) in [7, 11) is 0. The first-order valence-corrected chi connectivity index (χ1v) is 7.51. The first kappa shape index (κ1) is 15.6. The lowest BCUT2D eigenvalue weighted by Crippen LogP contribution is -2.22. The predicted molar refractivity (Wildman–Crippen MR) is 81.7 cm³/mol. The molecular formula is C16H24N2O3. The Labute approximate surface area is 126 Å². The smallest absolute Gasteiger partial charge is 0.407 e. The Morgan fingerprint density at radius 3 is 2.95 bits per heavy atom. The molecule has 1 aromatic rings. The third-order valence-corrected chi connectivity index (χ3v) is 3.57. The quantitative estimate of drug-likeness (QED) is 0.811. The summed E-state index contributed by atoms with van der Waals surface area (Å²) in [4.78, 5) is 10.9. The Morgan fingerprint density at radius 2 is 2.33 bits per heavy atom. The molecule has 1 amide bonds. The Hall–Kier alpha value is -1.75. The van der Waals surface area contributed by atoms with Gasteiger partial charge in [-0.2, -0.15) is 0 Å². The van der Waals surface area contributed by atoms with Crippen LogP contribution in [-0.2, 0) is 4.74 Å². The lowest BCUT2D eigenvalue weighted by Gasteiger charge is -2.17. The minimum atomic E-state index is -0.369. The molecular weight excluding hydrogens is 268 g/mol. The van der Waals surface area contributed by atoms with Crippen LogP contribution in [0.25, 0.3) is 0 Å². The summed E-state index contributed by atoms with van der Waals surface area (Å²) < 4.78 is 10.8. The molecule has 0 aromatic heterocycles. The summed E-state index contributed by atoms with van der Waals surface area (Å²) in [5.74, 6) is 0.837. The van der Waals surface area contributed by atoms with Crippen LogP contribution in [0.3, 0.4) is 0 Å². The van der Waals surface area contributed by atoms with Gasteiger partial charge < -0.3 is 20.1 Å². The maximum absolute atomic E-state index is 10.9. The van der Waals surface area contributed by atoms with Crippen molar-refractivity contribution in [2.75, 3.05) is 19.7 Å². The monoisotopic (exact) mass is 292 g/mol. The molecule has 1 aliphatic rings. The Morgan fingerprint density at radius 1 is 1.52 bits per heavy atom. The molecule has 0 bridgehead atoms. The highest BCUT2D eigenvalue weighted by molar-refractivity contribution is 5.69. The van der Waals surface area contributed by atoms with Gasteiger partial charge in [-0.05, 0) is 44.0 Å². The number of rotatable bonds is 7. The zero-order valence-electron chi connectivity index (χ0n) is 12.9. The first-order valence-electron chi connectivity index (χ1n) is 7.51. The van der Waals surface area contributed by atoms with E-state index in [-0.39, 0.29) is 12.2 Å². The molecule has 2 atom stereocenters. The number of nitrogens with one attached hydrogen (secondary N) is 2. The van der Waals surface area contributed by atoms with Crippen molar-refractivity contribution in [3.63, 3.8) is 0 Å². The minimum Gasteiger partial charge on any atom is -0.489 e. The molecule has 0 aliphatic carbocycles. The minimum absolute atomic E-state index is 0.207. The van der Waals surface area contributed by atoms with Gasteiger partial charge in [0, 0.05) is 6.04 Å². The molecule has 2 unspecified atom stereocenters.